The molecule has 71 heavy (non-hydrogen) atoms. The summed E-state index contributed by atoms with van der Waals surface area (Å²) in [7, 11) is 0. The molecular formula is C67H47N3S. The summed E-state index contributed by atoms with van der Waals surface area (Å²) in [6, 6.07) is 92.0. The SMILES string of the molecule is CC1(C)c2ccccc2-c2ccc(N(c3ccccc3)c3cc(-c4ccc5c(c4)c4ccccc4n5-c4ccc5ccccc5c4)cc(N(c4ccccc4)c4ccc5sc6ccccc6c5c4)c3)cc21. The number of nitrogens with zero attached hydrogens (tertiary/aromatic N) is 3. The van der Waals surface area contributed by atoms with Crippen molar-refractivity contribution < 1.29 is 0 Å². The lowest BCUT2D eigenvalue weighted by molar-refractivity contribution is 0.660. The van der Waals surface area contributed by atoms with Crippen LogP contribution in [0.5, 0.6) is 0 Å². The van der Waals surface area contributed by atoms with Crippen LogP contribution in [-0.2, 0) is 5.41 Å². The third-order valence-electron chi connectivity index (χ3n) is 14.9. The van der Waals surface area contributed by atoms with Gasteiger partial charge in [0.2, 0.25) is 0 Å². The predicted molar refractivity (Wildman–Crippen MR) is 304 cm³/mol. The molecule has 1 aliphatic rings. The molecule has 4 heteroatoms. The van der Waals surface area contributed by atoms with Crippen molar-refractivity contribution in [3.63, 3.8) is 0 Å². The molecule has 0 radical (unpaired) electrons. The van der Waals surface area contributed by atoms with Crippen molar-refractivity contribution in [1.82, 2.24) is 4.57 Å². The van der Waals surface area contributed by atoms with Gasteiger partial charge in [-0.25, -0.2) is 0 Å². The quantitative estimate of drug-likeness (QED) is 0.150. The van der Waals surface area contributed by atoms with Crippen LogP contribution in [0.1, 0.15) is 25.0 Å². The first kappa shape index (κ1) is 41.3. The van der Waals surface area contributed by atoms with E-state index in [-0.39, 0.29) is 5.41 Å². The molecule has 0 amide bonds. The van der Waals surface area contributed by atoms with E-state index in [0.29, 0.717) is 0 Å². The molecule has 0 atom stereocenters. The van der Waals surface area contributed by atoms with Crippen LogP contribution in [-0.4, -0.2) is 4.57 Å². The molecule has 336 valence electrons. The Morgan fingerprint density at radius 1 is 0.338 bits per heavy atom. The maximum absolute atomic E-state index is 2.45. The van der Waals surface area contributed by atoms with Gasteiger partial charge in [-0.1, -0.05) is 153 Å². The summed E-state index contributed by atoms with van der Waals surface area (Å²) in [4.78, 5) is 4.89. The second-order valence-corrected chi connectivity index (χ2v) is 20.5. The van der Waals surface area contributed by atoms with E-state index in [0.717, 1.165) is 50.9 Å². The third kappa shape index (κ3) is 6.71. The molecule has 0 saturated heterocycles. The first-order valence-electron chi connectivity index (χ1n) is 24.5. The van der Waals surface area contributed by atoms with Crippen LogP contribution in [0.2, 0.25) is 0 Å². The van der Waals surface area contributed by atoms with Gasteiger partial charge in [0, 0.05) is 76.2 Å². The van der Waals surface area contributed by atoms with Crippen LogP contribution in [0, 0.1) is 0 Å². The molecular weight excluding hydrogens is 879 g/mol. The Morgan fingerprint density at radius 3 is 1.73 bits per heavy atom. The van der Waals surface area contributed by atoms with Crippen LogP contribution >= 0.6 is 11.3 Å². The minimum absolute atomic E-state index is 0.159. The summed E-state index contributed by atoms with van der Waals surface area (Å²) in [6.07, 6.45) is 0. The lowest BCUT2D eigenvalue weighted by atomic mass is 9.82. The van der Waals surface area contributed by atoms with Crippen molar-refractivity contribution in [2.24, 2.45) is 0 Å². The topological polar surface area (TPSA) is 11.4 Å². The molecule has 14 rings (SSSR count). The van der Waals surface area contributed by atoms with E-state index in [2.05, 4.69) is 277 Å². The highest BCUT2D eigenvalue weighted by molar-refractivity contribution is 7.25. The van der Waals surface area contributed by atoms with Crippen molar-refractivity contribution in [3.05, 3.63) is 260 Å². The van der Waals surface area contributed by atoms with Gasteiger partial charge < -0.3 is 14.4 Å². The van der Waals surface area contributed by atoms with Gasteiger partial charge in [0.15, 0.2) is 0 Å². The van der Waals surface area contributed by atoms with Gasteiger partial charge in [-0.05, 0) is 153 Å². The molecule has 0 saturated carbocycles. The maximum atomic E-state index is 2.45. The first-order valence-corrected chi connectivity index (χ1v) is 25.3. The van der Waals surface area contributed by atoms with E-state index in [1.807, 2.05) is 11.3 Å². The molecule has 2 aromatic heterocycles. The van der Waals surface area contributed by atoms with Crippen LogP contribution in [0.3, 0.4) is 0 Å². The fourth-order valence-corrected chi connectivity index (χ4v) is 12.6. The van der Waals surface area contributed by atoms with Crippen LogP contribution < -0.4 is 9.80 Å². The van der Waals surface area contributed by atoms with Crippen molar-refractivity contribution in [3.8, 4) is 27.9 Å². The van der Waals surface area contributed by atoms with Gasteiger partial charge in [-0.2, -0.15) is 0 Å². The summed E-state index contributed by atoms with van der Waals surface area (Å²) in [5.74, 6) is 0. The Morgan fingerprint density at radius 2 is 0.944 bits per heavy atom. The molecule has 3 nitrogen and oxygen atoms in total. The van der Waals surface area contributed by atoms with Crippen molar-refractivity contribution in [1.29, 1.82) is 0 Å². The maximum Gasteiger partial charge on any atom is 0.0541 e. The van der Waals surface area contributed by atoms with Gasteiger partial charge >= 0.3 is 0 Å². The minimum Gasteiger partial charge on any atom is -0.310 e. The van der Waals surface area contributed by atoms with E-state index >= 15 is 0 Å². The molecule has 0 aliphatic heterocycles. The van der Waals surface area contributed by atoms with Gasteiger partial charge in [0.1, 0.15) is 0 Å². The van der Waals surface area contributed by atoms with Crippen molar-refractivity contribution in [2.45, 2.75) is 19.3 Å². The standard InChI is InChI=1S/C67H47N3S/c1-67(2)61-26-14-11-23-55(61)56-34-32-52(43-62(56)67)69(49-21-7-4-8-22-49)54-39-47(38-53(41-54)68(48-19-5-3-6-20-48)51-33-36-66-60(42-51)58-25-13-16-28-65(58)71-66)46-30-35-64-59(40-46)57-24-12-15-27-63(57)70(64)50-31-29-44-17-9-10-18-45(44)37-50/h3-43H,1-2H3. The fraction of sp³-hybridized carbons (Fsp3) is 0.0448. The molecule has 0 fully saturated rings. The Hall–Kier alpha value is -8.70. The Kier molecular flexibility index (Phi) is 9.42. The van der Waals surface area contributed by atoms with Crippen LogP contribution in [0.15, 0.2) is 249 Å². The predicted octanol–water partition coefficient (Wildman–Crippen LogP) is 19.2. The molecule has 0 unspecified atom stereocenters. The molecule has 1 aliphatic carbocycles. The normalized spacial score (nSPS) is 12.8. The number of anilines is 6. The summed E-state index contributed by atoms with van der Waals surface area (Å²) < 4.78 is 5.01. The fourth-order valence-electron chi connectivity index (χ4n) is 11.5. The number of aromatic nitrogens is 1. The number of thiophene rings is 1. The molecule has 13 aromatic rings. The summed E-state index contributed by atoms with van der Waals surface area (Å²) in [5.41, 5.74) is 17.5. The van der Waals surface area contributed by atoms with Crippen LogP contribution in [0.25, 0.3) is 80.7 Å². The van der Waals surface area contributed by atoms with E-state index in [1.165, 1.54) is 75.0 Å². The second-order valence-electron chi connectivity index (χ2n) is 19.4. The number of hydrogen-bond acceptors (Lipinski definition) is 3. The summed E-state index contributed by atoms with van der Waals surface area (Å²) >= 11 is 1.85. The lowest BCUT2D eigenvalue weighted by Crippen LogP contribution is -2.17. The highest BCUT2D eigenvalue weighted by Crippen LogP contribution is 2.52. The summed E-state index contributed by atoms with van der Waals surface area (Å²) in [5, 5.41) is 7.45. The molecule has 0 bridgehead atoms. The average Bonchev–Trinajstić information content (AvgIpc) is 4.04. The van der Waals surface area contributed by atoms with Crippen molar-refractivity contribution >= 4 is 98.2 Å². The zero-order valence-electron chi connectivity index (χ0n) is 39.4. The average molecular weight is 926 g/mol. The van der Waals surface area contributed by atoms with Gasteiger partial charge in [0.05, 0.1) is 11.0 Å². The van der Waals surface area contributed by atoms with Crippen LogP contribution in [0.4, 0.5) is 34.1 Å². The van der Waals surface area contributed by atoms with Gasteiger partial charge in [-0.3, -0.25) is 0 Å². The Bertz CT molecular complexity index is 4220. The summed E-state index contributed by atoms with van der Waals surface area (Å²) in [6.45, 7) is 4.73. The number of rotatable bonds is 8. The highest BCUT2D eigenvalue weighted by atomic mass is 32.1. The number of hydrogen-bond donors (Lipinski definition) is 0. The zero-order chi connectivity index (χ0) is 47.2. The molecule has 0 N–H and O–H groups in total. The monoisotopic (exact) mass is 925 g/mol. The van der Waals surface area contributed by atoms with Crippen molar-refractivity contribution in [2.75, 3.05) is 9.80 Å². The van der Waals surface area contributed by atoms with Gasteiger partial charge in [-0.15, -0.1) is 11.3 Å². The Labute approximate surface area is 417 Å². The Balaban J connectivity index is 1.02. The smallest absolute Gasteiger partial charge is 0.0541 e. The lowest BCUT2D eigenvalue weighted by Gasteiger charge is -2.31. The largest absolute Gasteiger partial charge is 0.310 e. The number of para-hydroxylation sites is 3. The minimum atomic E-state index is -0.159. The molecule has 0 spiro atoms. The second kappa shape index (κ2) is 16.2. The van der Waals surface area contributed by atoms with Gasteiger partial charge in [0.25, 0.3) is 0 Å². The molecule has 11 aromatic carbocycles. The van der Waals surface area contributed by atoms with E-state index in [1.54, 1.807) is 0 Å². The van der Waals surface area contributed by atoms with E-state index in [9.17, 15) is 0 Å². The third-order valence-corrected chi connectivity index (χ3v) is 16.0. The molecule has 2 heterocycles. The number of fused-ring (bicyclic) bond motifs is 10. The van der Waals surface area contributed by atoms with E-state index < -0.39 is 0 Å². The highest BCUT2D eigenvalue weighted by Gasteiger charge is 2.36. The number of benzene rings is 11. The van der Waals surface area contributed by atoms with E-state index in [4.69, 9.17) is 0 Å². The zero-order valence-corrected chi connectivity index (χ0v) is 40.2. The first-order chi connectivity index (χ1) is 34.9.